The number of rotatable bonds is 2. The van der Waals surface area contributed by atoms with E-state index >= 15 is 0 Å². The molecule has 1 aliphatic carbocycles. The van der Waals surface area contributed by atoms with Gasteiger partial charge < -0.3 is 4.90 Å². The van der Waals surface area contributed by atoms with Crippen molar-refractivity contribution in [1.82, 2.24) is 4.90 Å². The molecule has 3 rings (SSSR count). The number of benzene rings is 1. The maximum atomic E-state index is 12.8. The zero-order valence-corrected chi connectivity index (χ0v) is 12.9. The van der Waals surface area contributed by atoms with E-state index in [4.69, 9.17) is 0 Å². The SMILES string of the molecule is CC1CN(C(=O)C2(c3ccccc3)CC2)CCC1Br. The third kappa shape index (κ3) is 2.33. The van der Waals surface area contributed by atoms with Crippen LogP contribution in [0.15, 0.2) is 30.3 Å². The highest BCUT2D eigenvalue weighted by Crippen LogP contribution is 2.50. The summed E-state index contributed by atoms with van der Waals surface area (Å²) in [5, 5.41) is 0. The van der Waals surface area contributed by atoms with Gasteiger partial charge in [-0.15, -0.1) is 0 Å². The van der Waals surface area contributed by atoms with E-state index in [-0.39, 0.29) is 5.41 Å². The Labute approximate surface area is 123 Å². The smallest absolute Gasteiger partial charge is 0.233 e. The van der Waals surface area contributed by atoms with Gasteiger partial charge in [0.2, 0.25) is 5.91 Å². The number of alkyl halides is 1. The van der Waals surface area contributed by atoms with E-state index in [0.717, 1.165) is 32.4 Å². The van der Waals surface area contributed by atoms with Gasteiger partial charge in [0.25, 0.3) is 0 Å². The van der Waals surface area contributed by atoms with Crippen LogP contribution in [0.1, 0.15) is 31.7 Å². The molecule has 1 saturated heterocycles. The normalized spacial score (nSPS) is 29.1. The van der Waals surface area contributed by atoms with E-state index < -0.39 is 0 Å². The molecule has 1 aliphatic heterocycles. The van der Waals surface area contributed by atoms with Crippen molar-refractivity contribution < 1.29 is 4.79 Å². The number of piperidine rings is 1. The quantitative estimate of drug-likeness (QED) is 0.765. The summed E-state index contributed by atoms with van der Waals surface area (Å²) in [6, 6.07) is 10.3. The number of carbonyl (C=O) groups excluding carboxylic acids is 1. The molecular weight excluding hydrogens is 302 g/mol. The minimum atomic E-state index is -0.194. The summed E-state index contributed by atoms with van der Waals surface area (Å²) in [6.07, 6.45) is 3.09. The first-order chi connectivity index (χ1) is 9.13. The molecule has 0 N–H and O–H groups in total. The van der Waals surface area contributed by atoms with Gasteiger partial charge in [-0.2, -0.15) is 0 Å². The Morgan fingerprint density at radius 3 is 2.58 bits per heavy atom. The molecule has 1 aromatic rings. The van der Waals surface area contributed by atoms with Gasteiger partial charge in [-0.1, -0.05) is 53.2 Å². The lowest BCUT2D eigenvalue weighted by molar-refractivity contribution is -0.135. The highest BCUT2D eigenvalue weighted by molar-refractivity contribution is 9.09. The molecule has 3 heteroatoms. The van der Waals surface area contributed by atoms with Gasteiger partial charge in [-0.25, -0.2) is 0 Å². The van der Waals surface area contributed by atoms with Crippen molar-refractivity contribution in [3.63, 3.8) is 0 Å². The number of carbonyl (C=O) groups is 1. The monoisotopic (exact) mass is 321 g/mol. The summed E-state index contributed by atoms with van der Waals surface area (Å²) in [5.74, 6) is 0.897. The molecule has 0 bridgehead atoms. The Hall–Kier alpha value is -0.830. The largest absolute Gasteiger partial charge is 0.342 e. The van der Waals surface area contributed by atoms with E-state index in [0.29, 0.717) is 16.7 Å². The zero-order chi connectivity index (χ0) is 13.5. The summed E-state index contributed by atoms with van der Waals surface area (Å²) in [6.45, 7) is 4.01. The summed E-state index contributed by atoms with van der Waals surface area (Å²) >= 11 is 3.70. The molecule has 2 aliphatic rings. The van der Waals surface area contributed by atoms with Crippen LogP contribution in [-0.4, -0.2) is 28.7 Å². The van der Waals surface area contributed by atoms with Crippen molar-refractivity contribution in [2.45, 2.75) is 36.4 Å². The fraction of sp³-hybridized carbons (Fsp3) is 0.562. The van der Waals surface area contributed by atoms with Crippen LogP contribution in [0.25, 0.3) is 0 Å². The summed E-state index contributed by atoms with van der Waals surface area (Å²) < 4.78 is 0. The Balaban J connectivity index is 1.78. The van der Waals surface area contributed by atoms with Crippen LogP contribution >= 0.6 is 15.9 Å². The Morgan fingerprint density at radius 2 is 2.00 bits per heavy atom. The first kappa shape index (κ1) is 13.2. The fourth-order valence-corrected chi connectivity index (χ4v) is 3.48. The predicted molar refractivity (Wildman–Crippen MR) is 80.4 cm³/mol. The van der Waals surface area contributed by atoms with Crippen LogP contribution in [-0.2, 0) is 10.2 Å². The van der Waals surface area contributed by atoms with Crippen LogP contribution in [0.3, 0.4) is 0 Å². The van der Waals surface area contributed by atoms with E-state index in [1.54, 1.807) is 0 Å². The third-order valence-corrected chi connectivity index (χ3v) is 5.93. The van der Waals surface area contributed by atoms with Gasteiger partial charge in [-0.05, 0) is 30.7 Å². The van der Waals surface area contributed by atoms with Gasteiger partial charge in [0.15, 0.2) is 0 Å². The van der Waals surface area contributed by atoms with E-state index in [2.05, 4.69) is 39.9 Å². The van der Waals surface area contributed by atoms with Crippen LogP contribution < -0.4 is 0 Å². The standard InChI is InChI=1S/C16H20BrNO/c1-12-11-18(10-7-14(12)17)15(19)16(8-9-16)13-5-3-2-4-6-13/h2-6,12,14H,7-11H2,1H3. The number of hydrogen-bond acceptors (Lipinski definition) is 1. The number of likely N-dealkylation sites (tertiary alicyclic amines) is 1. The molecule has 2 fully saturated rings. The zero-order valence-electron chi connectivity index (χ0n) is 11.3. The number of halogens is 1. The van der Waals surface area contributed by atoms with Crippen molar-refractivity contribution in [3.8, 4) is 0 Å². The number of hydrogen-bond donors (Lipinski definition) is 0. The second-order valence-electron chi connectivity index (χ2n) is 5.98. The molecule has 2 nitrogen and oxygen atoms in total. The first-order valence-corrected chi connectivity index (χ1v) is 8.04. The molecule has 102 valence electrons. The molecule has 1 saturated carbocycles. The van der Waals surface area contributed by atoms with Crippen LogP contribution in [0.5, 0.6) is 0 Å². The second kappa shape index (κ2) is 4.93. The highest BCUT2D eigenvalue weighted by atomic mass is 79.9. The number of nitrogens with zero attached hydrogens (tertiary/aromatic N) is 1. The minimum Gasteiger partial charge on any atom is -0.342 e. The van der Waals surface area contributed by atoms with Crippen molar-refractivity contribution >= 4 is 21.8 Å². The molecule has 0 radical (unpaired) electrons. The second-order valence-corrected chi connectivity index (χ2v) is 7.16. The summed E-state index contributed by atoms with van der Waals surface area (Å²) in [4.78, 5) is 15.5. The first-order valence-electron chi connectivity index (χ1n) is 7.12. The molecule has 19 heavy (non-hydrogen) atoms. The van der Waals surface area contributed by atoms with Gasteiger partial charge >= 0.3 is 0 Å². The average molecular weight is 322 g/mol. The average Bonchev–Trinajstić information content (AvgIpc) is 3.24. The van der Waals surface area contributed by atoms with Crippen molar-refractivity contribution in [2.24, 2.45) is 5.92 Å². The molecule has 2 atom stereocenters. The maximum absolute atomic E-state index is 12.8. The molecule has 1 amide bonds. The third-order valence-electron chi connectivity index (χ3n) is 4.57. The highest BCUT2D eigenvalue weighted by Gasteiger charge is 2.53. The molecule has 0 spiro atoms. The Morgan fingerprint density at radius 1 is 1.32 bits per heavy atom. The van der Waals surface area contributed by atoms with Crippen molar-refractivity contribution in [2.75, 3.05) is 13.1 Å². The predicted octanol–water partition coefficient (Wildman–Crippen LogP) is 3.35. The summed E-state index contributed by atoms with van der Waals surface area (Å²) in [7, 11) is 0. The van der Waals surface area contributed by atoms with Gasteiger partial charge in [-0.3, -0.25) is 4.79 Å². The lowest BCUT2D eigenvalue weighted by atomic mass is 9.92. The van der Waals surface area contributed by atoms with Crippen molar-refractivity contribution in [3.05, 3.63) is 35.9 Å². The Bertz CT molecular complexity index is 469. The van der Waals surface area contributed by atoms with E-state index in [9.17, 15) is 4.79 Å². The molecule has 0 aromatic heterocycles. The fourth-order valence-electron chi connectivity index (χ4n) is 3.11. The van der Waals surface area contributed by atoms with Crippen LogP contribution in [0, 0.1) is 5.92 Å². The molecule has 1 heterocycles. The maximum Gasteiger partial charge on any atom is 0.233 e. The van der Waals surface area contributed by atoms with Gasteiger partial charge in [0.05, 0.1) is 5.41 Å². The summed E-state index contributed by atoms with van der Waals surface area (Å²) in [5.41, 5.74) is 1.01. The lowest BCUT2D eigenvalue weighted by Gasteiger charge is -2.36. The molecule has 1 aromatic carbocycles. The minimum absolute atomic E-state index is 0.194. The number of amides is 1. The van der Waals surface area contributed by atoms with Crippen molar-refractivity contribution in [1.29, 1.82) is 0 Å². The van der Waals surface area contributed by atoms with Crippen LogP contribution in [0.4, 0.5) is 0 Å². The Kier molecular flexibility index (Phi) is 3.42. The molecular formula is C16H20BrNO. The lowest BCUT2D eigenvalue weighted by Crippen LogP contribution is -2.47. The van der Waals surface area contributed by atoms with Gasteiger partial charge in [0, 0.05) is 17.9 Å². The topological polar surface area (TPSA) is 20.3 Å². The van der Waals surface area contributed by atoms with E-state index in [1.807, 2.05) is 18.2 Å². The van der Waals surface area contributed by atoms with Gasteiger partial charge in [0.1, 0.15) is 0 Å². The van der Waals surface area contributed by atoms with Crippen LogP contribution in [0.2, 0.25) is 0 Å². The molecule has 2 unspecified atom stereocenters. The van der Waals surface area contributed by atoms with E-state index in [1.165, 1.54) is 5.56 Å².